The first-order valence-electron chi connectivity index (χ1n) is 5.87. The summed E-state index contributed by atoms with van der Waals surface area (Å²) in [5.74, 6) is -0.111. The Morgan fingerprint density at radius 2 is 1.85 bits per heavy atom. The number of benzene rings is 2. The third-order valence-corrected chi connectivity index (χ3v) is 3.02. The molecule has 1 heterocycles. The van der Waals surface area contributed by atoms with Crippen molar-refractivity contribution in [3.05, 3.63) is 47.5 Å². The second kappa shape index (κ2) is 4.62. The number of aromatic nitrogens is 1. The van der Waals surface area contributed by atoms with Crippen molar-refractivity contribution in [1.29, 1.82) is 0 Å². The van der Waals surface area contributed by atoms with Gasteiger partial charge in [0.05, 0.1) is 11.1 Å². The van der Waals surface area contributed by atoms with Gasteiger partial charge in [-0.3, -0.25) is 9.59 Å². The van der Waals surface area contributed by atoms with Crippen molar-refractivity contribution >= 4 is 23.7 Å². The van der Waals surface area contributed by atoms with E-state index in [1.54, 1.807) is 12.1 Å². The molecular formula is C15H9NO4. The first-order chi connectivity index (χ1) is 9.74. The third-order valence-electron chi connectivity index (χ3n) is 3.02. The van der Waals surface area contributed by atoms with Crippen LogP contribution in [0.25, 0.3) is 22.6 Å². The topological polar surface area (TPSA) is 80.4 Å². The fraction of sp³-hybridized carbons (Fsp3) is 0. The van der Waals surface area contributed by atoms with Crippen LogP contribution in [0.1, 0.15) is 20.7 Å². The Balaban J connectivity index is 2.23. The van der Waals surface area contributed by atoms with E-state index in [-0.39, 0.29) is 28.3 Å². The highest BCUT2D eigenvalue weighted by molar-refractivity contribution is 5.96. The second-order valence-corrected chi connectivity index (χ2v) is 4.19. The molecular weight excluding hydrogens is 258 g/mol. The van der Waals surface area contributed by atoms with Crippen molar-refractivity contribution in [3.63, 3.8) is 0 Å². The van der Waals surface area contributed by atoms with Crippen LogP contribution in [0.2, 0.25) is 0 Å². The zero-order valence-corrected chi connectivity index (χ0v) is 10.2. The lowest BCUT2D eigenvalue weighted by atomic mass is 10.0. The number of carbonyl (C=O) groups excluding carboxylic acids is 2. The van der Waals surface area contributed by atoms with Gasteiger partial charge in [-0.05, 0) is 24.3 Å². The molecule has 0 amide bonds. The number of aromatic hydroxyl groups is 1. The number of carbonyl (C=O) groups is 2. The third kappa shape index (κ3) is 1.76. The zero-order valence-electron chi connectivity index (χ0n) is 10.2. The molecule has 1 N–H and O–H groups in total. The molecule has 0 aliphatic heterocycles. The normalized spacial score (nSPS) is 10.6. The first-order valence-corrected chi connectivity index (χ1v) is 5.87. The van der Waals surface area contributed by atoms with E-state index in [1.165, 1.54) is 12.1 Å². The van der Waals surface area contributed by atoms with Crippen molar-refractivity contribution in [2.45, 2.75) is 0 Å². The molecule has 1 aromatic heterocycles. The predicted molar refractivity (Wildman–Crippen MR) is 71.9 cm³/mol. The maximum atomic E-state index is 11.0. The number of phenolic OH excluding ortho intramolecular Hbond substituents is 1. The number of nitrogens with zero attached hydrogens (tertiary/aromatic N) is 1. The number of rotatable bonds is 3. The standard InChI is InChI=1S/C15H9NO4/c17-7-9-5-6-10(14(19)11(9)8-18)15-16-12-3-1-2-4-13(12)20-15/h1-8,19H. The average Bonchev–Trinajstić information content (AvgIpc) is 2.90. The maximum Gasteiger partial charge on any atom is 0.231 e. The van der Waals surface area contributed by atoms with E-state index < -0.39 is 0 Å². The van der Waals surface area contributed by atoms with Crippen LogP contribution in [0.5, 0.6) is 5.75 Å². The lowest BCUT2D eigenvalue weighted by molar-refractivity contribution is 0.109. The molecule has 3 aromatic rings. The van der Waals surface area contributed by atoms with Crippen LogP contribution in [-0.2, 0) is 0 Å². The second-order valence-electron chi connectivity index (χ2n) is 4.19. The number of para-hydroxylation sites is 2. The van der Waals surface area contributed by atoms with E-state index in [4.69, 9.17) is 4.42 Å². The van der Waals surface area contributed by atoms with Gasteiger partial charge < -0.3 is 9.52 Å². The molecule has 0 unspecified atom stereocenters. The SMILES string of the molecule is O=Cc1ccc(-c2nc3ccccc3o2)c(O)c1C=O. The summed E-state index contributed by atoms with van der Waals surface area (Å²) in [4.78, 5) is 26.1. The number of aldehydes is 2. The van der Waals surface area contributed by atoms with E-state index in [0.717, 1.165) is 0 Å². The van der Waals surface area contributed by atoms with E-state index in [2.05, 4.69) is 4.98 Å². The predicted octanol–water partition coefficient (Wildman–Crippen LogP) is 2.83. The van der Waals surface area contributed by atoms with Crippen LogP contribution in [0, 0.1) is 0 Å². The molecule has 3 rings (SSSR count). The lowest BCUT2D eigenvalue weighted by Gasteiger charge is -2.04. The molecule has 0 aliphatic rings. The van der Waals surface area contributed by atoms with Crippen molar-refractivity contribution in [3.8, 4) is 17.2 Å². The quantitative estimate of drug-likeness (QED) is 0.738. The number of phenols is 1. The molecule has 5 heteroatoms. The van der Waals surface area contributed by atoms with Crippen molar-refractivity contribution < 1.29 is 19.1 Å². The summed E-state index contributed by atoms with van der Waals surface area (Å²) in [5.41, 5.74) is 1.55. The van der Waals surface area contributed by atoms with Crippen LogP contribution in [0.4, 0.5) is 0 Å². The van der Waals surface area contributed by atoms with Gasteiger partial charge in [0.15, 0.2) is 18.2 Å². The number of fused-ring (bicyclic) bond motifs is 1. The molecule has 0 saturated heterocycles. The van der Waals surface area contributed by atoms with Crippen molar-refractivity contribution in [2.24, 2.45) is 0 Å². The van der Waals surface area contributed by atoms with Crippen LogP contribution < -0.4 is 0 Å². The lowest BCUT2D eigenvalue weighted by Crippen LogP contribution is -1.93. The molecule has 0 atom stereocenters. The summed E-state index contributed by atoms with van der Waals surface area (Å²) in [7, 11) is 0. The Bertz CT molecular complexity index is 787. The molecule has 0 aliphatic carbocycles. The highest BCUT2D eigenvalue weighted by atomic mass is 16.3. The van der Waals surface area contributed by atoms with Gasteiger partial charge in [-0.2, -0.15) is 0 Å². The van der Waals surface area contributed by atoms with Crippen molar-refractivity contribution in [2.75, 3.05) is 0 Å². The number of oxazole rings is 1. The molecule has 0 bridgehead atoms. The minimum atomic E-state index is -0.309. The van der Waals surface area contributed by atoms with Crippen LogP contribution in [0.3, 0.4) is 0 Å². The monoisotopic (exact) mass is 267 g/mol. The summed E-state index contributed by atoms with van der Waals surface area (Å²) >= 11 is 0. The molecule has 98 valence electrons. The minimum absolute atomic E-state index is 0.0697. The Kier molecular flexibility index (Phi) is 2.80. The highest BCUT2D eigenvalue weighted by Crippen LogP contribution is 2.34. The van der Waals surface area contributed by atoms with E-state index in [0.29, 0.717) is 23.7 Å². The van der Waals surface area contributed by atoms with Gasteiger partial charge in [-0.25, -0.2) is 4.98 Å². The number of hydrogen-bond donors (Lipinski definition) is 1. The summed E-state index contributed by atoms with van der Waals surface area (Å²) in [6.07, 6.45) is 0.949. The summed E-state index contributed by atoms with van der Waals surface area (Å²) in [6.45, 7) is 0. The molecule has 5 nitrogen and oxygen atoms in total. The van der Waals surface area contributed by atoms with Crippen LogP contribution in [0.15, 0.2) is 40.8 Å². The Labute approximate surface area is 113 Å². The number of hydrogen-bond acceptors (Lipinski definition) is 5. The average molecular weight is 267 g/mol. The molecule has 0 spiro atoms. The summed E-state index contributed by atoms with van der Waals surface area (Å²) in [5, 5.41) is 10.1. The van der Waals surface area contributed by atoms with E-state index in [1.807, 2.05) is 12.1 Å². The van der Waals surface area contributed by atoms with Crippen LogP contribution in [-0.4, -0.2) is 22.7 Å². The fourth-order valence-electron chi connectivity index (χ4n) is 2.01. The van der Waals surface area contributed by atoms with Gasteiger partial charge in [0.25, 0.3) is 0 Å². The van der Waals surface area contributed by atoms with E-state index >= 15 is 0 Å². The molecule has 2 aromatic carbocycles. The van der Waals surface area contributed by atoms with Gasteiger partial charge in [-0.1, -0.05) is 12.1 Å². The maximum absolute atomic E-state index is 11.0. The minimum Gasteiger partial charge on any atom is -0.506 e. The first kappa shape index (κ1) is 12.1. The Morgan fingerprint density at radius 3 is 2.55 bits per heavy atom. The molecule has 0 radical (unpaired) electrons. The molecule has 0 fully saturated rings. The molecule has 20 heavy (non-hydrogen) atoms. The smallest absolute Gasteiger partial charge is 0.231 e. The van der Waals surface area contributed by atoms with Crippen LogP contribution >= 0.6 is 0 Å². The van der Waals surface area contributed by atoms with Gasteiger partial charge in [-0.15, -0.1) is 0 Å². The zero-order chi connectivity index (χ0) is 14.1. The van der Waals surface area contributed by atoms with Crippen molar-refractivity contribution in [1.82, 2.24) is 4.98 Å². The van der Waals surface area contributed by atoms with Gasteiger partial charge in [0.1, 0.15) is 11.3 Å². The largest absolute Gasteiger partial charge is 0.506 e. The highest BCUT2D eigenvalue weighted by Gasteiger charge is 2.17. The van der Waals surface area contributed by atoms with Gasteiger partial charge in [0.2, 0.25) is 5.89 Å². The van der Waals surface area contributed by atoms with Gasteiger partial charge in [0, 0.05) is 5.56 Å². The van der Waals surface area contributed by atoms with Gasteiger partial charge >= 0.3 is 0 Å². The molecule has 0 saturated carbocycles. The van der Waals surface area contributed by atoms with E-state index in [9.17, 15) is 14.7 Å². The fourth-order valence-corrected chi connectivity index (χ4v) is 2.01. The Morgan fingerprint density at radius 1 is 1.05 bits per heavy atom. The summed E-state index contributed by atoms with van der Waals surface area (Å²) in [6, 6.07) is 10.1. The Hall–Kier alpha value is -2.95. The summed E-state index contributed by atoms with van der Waals surface area (Å²) < 4.78 is 5.53.